The van der Waals surface area contributed by atoms with Gasteiger partial charge >= 0.3 is 0 Å². The summed E-state index contributed by atoms with van der Waals surface area (Å²) < 4.78 is 11.9. The van der Waals surface area contributed by atoms with Crippen molar-refractivity contribution in [1.29, 1.82) is 0 Å². The average molecular weight is 367 g/mol. The van der Waals surface area contributed by atoms with Gasteiger partial charge in [0.25, 0.3) is 0 Å². The van der Waals surface area contributed by atoms with Gasteiger partial charge in [-0.2, -0.15) is 0 Å². The molecule has 0 bridgehead atoms. The molecule has 6 nitrogen and oxygen atoms in total. The van der Waals surface area contributed by atoms with Crippen LogP contribution in [0.25, 0.3) is 10.4 Å². The largest absolute Gasteiger partial charge is 0.390 e. The molecule has 2 aromatic carbocycles. The van der Waals surface area contributed by atoms with Gasteiger partial charge < -0.3 is 14.6 Å². The first-order valence-electron chi connectivity index (χ1n) is 8.85. The van der Waals surface area contributed by atoms with Gasteiger partial charge in [0.1, 0.15) is 6.10 Å². The predicted molar refractivity (Wildman–Crippen MR) is 105 cm³/mol. The van der Waals surface area contributed by atoms with Crippen molar-refractivity contribution in [2.45, 2.75) is 37.9 Å². The standard InChI is InChI=1S/C21H25N3O3/c1-2-9-19(25)21(27-16-18-12-7-4-8-13-18)20(14-23-24-22)26-15-17-10-5-3-6-11-17/h2-8,10-13,19-21,25H,1,9,14-16H2/t19-,20+,21+/m0/s1. The van der Waals surface area contributed by atoms with Crippen LogP contribution in [0.2, 0.25) is 0 Å². The fourth-order valence-corrected chi connectivity index (χ4v) is 2.68. The van der Waals surface area contributed by atoms with Crippen molar-refractivity contribution < 1.29 is 14.6 Å². The van der Waals surface area contributed by atoms with Crippen LogP contribution in [0, 0.1) is 0 Å². The molecule has 0 saturated carbocycles. The quantitative estimate of drug-likeness (QED) is 0.261. The summed E-state index contributed by atoms with van der Waals surface area (Å²) in [5.41, 5.74) is 10.7. The van der Waals surface area contributed by atoms with Crippen molar-refractivity contribution in [3.63, 3.8) is 0 Å². The Morgan fingerprint density at radius 3 is 2.07 bits per heavy atom. The van der Waals surface area contributed by atoms with Crippen LogP contribution < -0.4 is 0 Å². The second-order valence-electron chi connectivity index (χ2n) is 6.10. The van der Waals surface area contributed by atoms with E-state index in [2.05, 4.69) is 16.6 Å². The van der Waals surface area contributed by atoms with E-state index in [1.807, 2.05) is 60.7 Å². The molecule has 0 aliphatic carbocycles. The minimum atomic E-state index is -0.819. The number of ether oxygens (including phenoxy) is 2. The highest BCUT2D eigenvalue weighted by Crippen LogP contribution is 2.17. The highest BCUT2D eigenvalue weighted by Gasteiger charge is 2.29. The molecule has 142 valence electrons. The molecule has 0 amide bonds. The van der Waals surface area contributed by atoms with Gasteiger partial charge in [0.05, 0.1) is 32.0 Å². The second kappa shape index (κ2) is 11.9. The van der Waals surface area contributed by atoms with E-state index in [9.17, 15) is 5.11 Å². The number of aliphatic hydroxyl groups is 1. The van der Waals surface area contributed by atoms with Crippen LogP contribution in [0.3, 0.4) is 0 Å². The first kappa shape index (κ1) is 20.7. The third kappa shape index (κ3) is 7.25. The number of rotatable bonds is 12. The van der Waals surface area contributed by atoms with E-state index >= 15 is 0 Å². The summed E-state index contributed by atoms with van der Waals surface area (Å²) in [5.74, 6) is 0. The van der Waals surface area contributed by atoms with Gasteiger partial charge in [-0.25, -0.2) is 0 Å². The van der Waals surface area contributed by atoms with Gasteiger partial charge in [0, 0.05) is 4.91 Å². The Labute approximate surface area is 159 Å². The Morgan fingerprint density at radius 2 is 1.56 bits per heavy atom. The Bertz CT molecular complexity index is 718. The molecule has 1 N–H and O–H groups in total. The number of hydrogen-bond acceptors (Lipinski definition) is 4. The lowest BCUT2D eigenvalue weighted by Crippen LogP contribution is -2.42. The minimum Gasteiger partial charge on any atom is -0.390 e. The molecule has 2 rings (SSSR count). The first-order valence-corrected chi connectivity index (χ1v) is 8.85. The van der Waals surface area contributed by atoms with Crippen LogP contribution in [0.5, 0.6) is 0 Å². The normalized spacial score (nSPS) is 14.0. The molecule has 3 atom stereocenters. The van der Waals surface area contributed by atoms with E-state index in [1.54, 1.807) is 6.08 Å². The zero-order valence-corrected chi connectivity index (χ0v) is 15.2. The molecule has 27 heavy (non-hydrogen) atoms. The molecule has 0 heterocycles. The lowest BCUT2D eigenvalue weighted by atomic mass is 10.0. The first-order chi connectivity index (χ1) is 13.2. The van der Waals surface area contributed by atoms with Crippen molar-refractivity contribution in [2.75, 3.05) is 6.54 Å². The molecule has 0 aliphatic heterocycles. The summed E-state index contributed by atoms with van der Waals surface area (Å²) in [6.45, 7) is 4.40. The molecule has 0 aliphatic rings. The zero-order chi connectivity index (χ0) is 19.3. The predicted octanol–water partition coefficient (Wildman–Crippen LogP) is 4.40. The Balaban J connectivity index is 2.11. The highest BCUT2D eigenvalue weighted by molar-refractivity contribution is 5.14. The van der Waals surface area contributed by atoms with E-state index in [-0.39, 0.29) is 6.54 Å². The van der Waals surface area contributed by atoms with Gasteiger partial charge in [-0.05, 0) is 23.1 Å². The molecule has 0 spiro atoms. The van der Waals surface area contributed by atoms with Gasteiger partial charge in [-0.1, -0.05) is 71.9 Å². The summed E-state index contributed by atoms with van der Waals surface area (Å²) in [4.78, 5) is 2.82. The molecule has 0 aromatic heterocycles. The van der Waals surface area contributed by atoms with E-state index < -0.39 is 18.3 Å². The Morgan fingerprint density at radius 1 is 1.00 bits per heavy atom. The summed E-state index contributed by atoms with van der Waals surface area (Å²) in [6.07, 6.45) is -0.0789. The van der Waals surface area contributed by atoms with Crippen LogP contribution in [0.4, 0.5) is 0 Å². The van der Waals surface area contributed by atoms with Crippen LogP contribution in [-0.4, -0.2) is 30.0 Å². The lowest BCUT2D eigenvalue weighted by Gasteiger charge is -2.30. The molecular weight excluding hydrogens is 342 g/mol. The maximum atomic E-state index is 10.5. The van der Waals surface area contributed by atoms with E-state index in [1.165, 1.54) is 0 Å². The van der Waals surface area contributed by atoms with Gasteiger partial charge in [-0.3, -0.25) is 0 Å². The smallest absolute Gasteiger partial charge is 0.110 e. The minimum absolute atomic E-state index is 0.0665. The topological polar surface area (TPSA) is 87.5 Å². The molecule has 6 heteroatoms. The summed E-state index contributed by atoms with van der Waals surface area (Å²) >= 11 is 0. The third-order valence-electron chi connectivity index (χ3n) is 4.07. The number of nitrogens with zero attached hydrogens (tertiary/aromatic N) is 3. The Hall–Kier alpha value is -2.63. The lowest BCUT2D eigenvalue weighted by molar-refractivity contribution is -0.127. The highest BCUT2D eigenvalue weighted by atomic mass is 16.5. The van der Waals surface area contributed by atoms with Crippen molar-refractivity contribution >= 4 is 0 Å². The van der Waals surface area contributed by atoms with E-state index in [0.717, 1.165) is 11.1 Å². The van der Waals surface area contributed by atoms with Crippen molar-refractivity contribution in [3.8, 4) is 0 Å². The van der Waals surface area contributed by atoms with Crippen LogP contribution in [0.15, 0.2) is 78.4 Å². The van der Waals surface area contributed by atoms with Crippen LogP contribution in [0.1, 0.15) is 17.5 Å². The molecular formula is C21H25N3O3. The van der Waals surface area contributed by atoms with Crippen molar-refractivity contribution in [1.82, 2.24) is 0 Å². The fourth-order valence-electron chi connectivity index (χ4n) is 2.68. The Kier molecular flexibility index (Phi) is 9.10. The molecule has 0 fully saturated rings. The van der Waals surface area contributed by atoms with Crippen LogP contribution >= 0.6 is 0 Å². The number of aliphatic hydroxyl groups excluding tert-OH is 1. The molecule has 2 aromatic rings. The average Bonchev–Trinajstić information content (AvgIpc) is 2.71. The van der Waals surface area contributed by atoms with Crippen molar-refractivity contribution in [3.05, 3.63) is 94.9 Å². The van der Waals surface area contributed by atoms with Crippen molar-refractivity contribution in [2.24, 2.45) is 5.11 Å². The summed E-state index contributed by atoms with van der Waals surface area (Å²) in [7, 11) is 0. The monoisotopic (exact) mass is 367 g/mol. The fraction of sp³-hybridized carbons (Fsp3) is 0.333. The number of benzene rings is 2. The van der Waals surface area contributed by atoms with Gasteiger partial charge in [-0.15, -0.1) is 6.58 Å². The summed E-state index contributed by atoms with van der Waals surface area (Å²) in [5, 5.41) is 14.2. The van der Waals surface area contributed by atoms with Gasteiger partial charge in [0.2, 0.25) is 0 Å². The summed E-state index contributed by atoms with van der Waals surface area (Å²) in [6, 6.07) is 19.4. The van der Waals surface area contributed by atoms with E-state index in [4.69, 9.17) is 15.0 Å². The van der Waals surface area contributed by atoms with Gasteiger partial charge in [0.15, 0.2) is 0 Å². The van der Waals surface area contributed by atoms with Crippen LogP contribution in [-0.2, 0) is 22.7 Å². The zero-order valence-electron chi connectivity index (χ0n) is 15.2. The maximum Gasteiger partial charge on any atom is 0.110 e. The van der Waals surface area contributed by atoms with E-state index in [0.29, 0.717) is 19.6 Å². The SMILES string of the molecule is C=CC[C@H](O)[C@@H](OCc1ccccc1)[C@@H](CN=[N+]=[N-])OCc1ccccc1. The molecule has 0 radical (unpaired) electrons. The molecule has 0 saturated heterocycles. The third-order valence-corrected chi connectivity index (χ3v) is 4.07. The maximum absolute atomic E-state index is 10.5. The number of hydrogen-bond donors (Lipinski definition) is 1. The number of azide groups is 1. The molecule has 0 unspecified atom stereocenters. The second-order valence-corrected chi connectivity index (χ2v) is 6.10.